The van der Waals surface area contributed by atoms with Crippen molar-refractivity contribution in [1.29, 1.82) is 0 Å². The van der Waals surface area contributed by atoms with E-state index in [0.717, 1.165) is 45.3 Å². The van der Waals surface area contributed by atoms with Gasteiger partial charge in [-0.25, -0.2) is 4.79 Å². The van der Waals surface area contributed by atoms with Crippen molar-refractivity contribution in [3.63, 3.8) is 0 Å². The lowest BCUT2D eigenvalue weighted by Gasteiger charge is -2.15. The van der Waals surface area contributed by atoms with Gasteiger partial charge in [-0.05, 0) is 49.5 Å². The Bertz CT molecular complexity index is 960. The van der Waals surface area contributed by atoms with E-state index >= 15 is 0 Å². The molecule has 2 aromatic carbocycles. The highest BCUT2D eigenvalue weighted by molar-refractivity contribution is 7.99. The van der Waals surface area contributed by atoms with Crippen LogP contribution in [0.2, 0.25) is 0 Å². The number of rotatable bonds is 9. The number of amides is 2. The molecule has 2 amide bonds. The lowest BCUT2D eigenvalue weighted by Crippen LogP contribution is -2.28. The van der Waals surface area contributed by atoms with Crippen molar-refractivity contribution in [3.05, 3.63) is 60.4 Å². The topological polar surface area (TPSA) is 82.3 Å². The third-order valence-electron chi connectivity index (χ3n) is 4.44. The van der Waals surface area contributed by atoms with E-state index in [2.05, 4.69) is 31.8 Å². The molecule has 0 radical (unpaired) electrons. The Morgan fingerprint density at radius 1 is 1.20 bits per heavy atom. The second-order valence-corrected chi connectivity index (χ2v) is 8.15. The van der Waals surface area contributed by atoms with Crippen LogP contribution in [0, 0.1) is 0 Å². The number of aromatic amines is 1. The number of hydrogen-bond donors (Lipinski definition) is 3. The van der Waals surface area contributed by atoms with Crippen LogP contribution in [-0.4, -0.2) is 54.6 Å². The van der Waals surface area contributed by atoms with Gasteiger partial charge in [0, 0.05) is 35.5 Å². The first kappa shape index (κ1) is 21.7. The predicted octanol–water partition coefficient (Wildman–Crippen LogP) is 4.06. The molecule has 0 bridgehead atoms. The molecule has 3 N–H and O–H groups in total. The highest BCUT2D eigenvalue weighted by atomic mass is 32.2. The molecule has 0 aliphatic heterocycles. The van der Waals surface area contributed by atoms with Gasteiger partial charge in [0.2, 0.25) is 0 Å². The fraction of sp³-hybridized carbons (Fsp3) is 0.273. The number of benzene rings is 2. The highest BCUT2D eigenvalue weighted by Gasteiger charge is 2.10. The first-order valence-corrected chi connectivity index (χ1v) is 10.6. The molecule has 0 fully saturated rings. The number of aromatic nitrogens is 2. The number of thioether (sulfide) groups is 1. The van der Waals surface area contributed by atoms with Gasteiger partial charge in [-0.15, -0.1) is 11.8 Å². The van der Waals surface area contributed by atoms with E-state index < -0.39 is 0 Å². The zero-order valence-electron chi connectivity index (χ0n) is 17.4. The third kappa shape index (κ3) is 6.27. The molecule has 0 saturated carbocycles. The lowest BCUT2D eigenvalue weighted by atomic mass is 10.1. The number of carbonyl (C=O) groups is 1. The Labute approximate surface area is 181 Å². The van der Waals surface area contributed by atoms with Crippen LogP contribution in [0.1, 0.15) is 5.56 Å². The highest BCUT2D eigenvalue weighted by Crippen LogP contribution is 2.32. The van der Waals surface area contributed by atoms with Gasteiger partial charge in [-0.1, -0.05) is 18.2 Å². The number of nitrogens with one attached hydrogen (secondary N) is 3. The number of ether oxygens (including phenoxy) is 1. The van der Waals surface area contributed by atoms with Crippen LogP contribution < -0.4 is 15.4 Å². The summed E-state index contributed by atoms with van der Waals surface area (Å²) in [5.41, 5.74) is 3.83. The van der Waals surface area contributed by atoms with Crippen molar-refractivity contribution in [2.75, 3.05) is 38.8 Å². The molecule has 1 heterocycles. The van der Waals surface area contributed by atoms with Crippen LogP contribution in [0.5, 0.6) is 5.75 Å². The summed E-state index contributed by atoms with van der Waals surface area (Å²) in [5.74, 6) is 1.69. The summed E-state index contributed by atoms with van der Waals surface area (Å²) in [6, 6.07) is 13.4. The number of methoxy groups -OCH3 is 1. The van der Waals surface area contributed by atoms with Crippen molar-refractivity contribution < 1.29 is 9.53 Å². The Balaban J connectivity index is 1.68. The Morgan fingerprint density at radius 3 is 2.80 bits per heavy atom. The molecule has 0 unspecified atom stereocenters. The van der Waals surface area contributed by atoms with E-state index in [4.69, 9.17) is 4.74 Å². The molecule has 0 aliphatic rings. The van der Waals surface area contributed by atoms with E-state index in [0.29, 0.717) is 6.54 Å². The maximum atomic E-state index is 12.5. The third-order valence-corrected chi connectivity index (χ3v) is 5.48. The number of carbonyl (C=O) groups excluding carboxylic acids is 1. The number of H-pyrrole nitrogens is 1. The minimum absolute atomic E-state index is 0.247. The minimum Gasteiger partial charge on any atom is -0.497 e. The van der Waals surface area contributed by atoms with Gasteiger partial charge in [0.1, 0.15) is 5.75 Å². The van der Waals surface area contributed by atoms with Gasteiger partial charge in [-0.3, -0.25) is 5.10 Å². The van der Waals surface area contributed by atoms with Crippen molar-refractivity contribution in [2.24, 2.45) is 0 Å². The van der Waals surface area contributed by atoms with Crippen molar-refractivity contribution in [3.8, 4) is 16.9 Å². The zero-order valence-corrected chi connectivity index (χ0v) is 18.3. The maximum absolute atomic E-state index is 12.5. The normalized spacial score (nSPS) is 10.8. The van der Waals surface area contributed by atoms with Gasteiger partial charge in [-0.2, -0.15) is 5.10 Å². The summed E-state index contributed by atoms with van der Waals surface area (Å²) in [5, 5.41) is 12.7. The SMILES string of the molecule is COc1cccc(CNC(=O)Nc2ccc(-c3cn[nH]c3)cc2SCCN(C)C)c1. The molecule has 3 rings (SSSR count). The molecule has 0 atom stereocenters. The molecule has 3 aromatic rings. The maximum Gasteiger partial charge on any atom is 0.319 e. The summed E-state index contributed by atoms with van der Waals surface area (Å²) in [6.07, 6.45) is 3.65. The average molecular weight is 426 g/mol. The van der Waals surface area contributed by atoms with Crippen LogP contribution in [0.15, 0.2) is 59.8 Å². The molecule has 0 spiro atoms. The average Bonchev–Trinajstić information content (AvgIpc) is 3.28. The van der Waals surface area contributed by atoms with Crippen LogP contribution in [-0.2, 0) is 6.54 Å². The lowest BCUT2D eigenvalue weighted by molar-refractivity contribution is 0.251. The monoisotopic (exact) mass is 425 g/mol. The molecular weight excluding hydrogens is 398 g/mol. The molecule has 30 heavy (non-hydrogen) atoms. The fourth-order valence-electron chi connectivity index (χ4n) is 2.80. The van der Waals surface area contributed by atoms with Gasteiger partial charge >= 0.3 is 6.03 Å². The molecule has 7 nitrogen and oxygen atoms in total. The van der Waals surface area contributed by atoms with Gasteiger partial charge in [0.25, 0.3) is 0 Å². The smallest absolute Gasteiger partial charge is 0.319 e. The van der Waals surface area contributed by atoms with Crippen molar-refractivity contribution in [1.82, 2.24) is 20.4 Å². The fourth-order valence-corrected chi connectivity index (χ4v) is 3.96. The van der Waals surface area contributed by atoms with Crippen molar-refractivity contribution in [2.45, 2.75) is 11.4 Å². The largest absolute Gasteiger partial charge is 0.497 e. The van der Waals surface area contributed by atoms with E-state index in [-0.39, 0.29) is 6.03 Å². The quantitative estimate of drug-likeness (QED) is 0.451. The van der Waals surface area contributed by atoms with Gasteiger partial charge < -0.3 is 20.3 Å². The summed E-state index contributed by atoms with van der Waals surface area (Å²) in [6.45, 7) is 1.36. The minimum atomic E-state index is -0.247. The Hall–Kier alpha value is -2.97. The standard InChI is InChI=1S/C22H27N5O2S/c1-27(2)9-10-30-21-12-17(18-14-24-25-15-18)7-8-20(21)26-22(28)23-13-16-5-4-6-19(11-16)29-3/h4-8,11-12,14-15H,9-10,13H2,1-3H3,(H,24,25)(H2,23,26,28). The number of nitrogens with zero attached hydrogens (tertiary/aromatic N) is 2. The second kappa shape index (κ2) is 10.7. The molecule has 1 aromatic heterocycles. The number of hydrogen-bond acceptors (Lipinski definition) is 5. The summed E-state index contributed by atoms with van der Waals surface area (Å²) in [7, 11) is 5.73. The molecule has 0 saturated heterocycles. The van der Waals surface area contributed by atoms with E-state index in [1.54, 1.807) is 25.1 Å². The van der Waals surface area contributed by atoms with Crippen LogP contribution in [0.4, 0.5) is 10.5 Å². The first-order valence-electron chi connectivity index (χ1n) is 9.63. The van der Waals surface area contributed by atoms with E-state index in [1.165, 1.54) is 0 Å². The molecule has 0 aliphatic carbocycles. The molecule has 158 valence electrons. The molecule has 8 heteroatoms. The Morgan fingerprint density at radius 2 is 2.07 bits per heavy atom. The van der Waals surface area contributed by atoms with Crippen molar-refractivity contribution >= 4 is 23.5 Å². The first-order chi connectivity index (χ1) is 14.5. The number of urea groups is 1. The van der Waals surface area contributed by atoms with Gasteiger partial charge in [0.15, 0.2) is 0 Å². The van der Waals surface area contributed by atoms with Crippen LogP contribution >= 0.6 is 11.8 Å². The second-order valence-electron chi connectivity index (χ2n) is 7.01. The van der Waals surface area contributed by atoms with E-state index in [9.17, 15) is 4.79 Å². The summed E-state index contributed by atoms with van der Waals surface area (Å²) < 4.78 is 5.23. The number of anilines is 1. The Kier molecular flexibility index (Phi) is 7.75. The van der Waals surface area contributed by atoms with E-state index in [1.807, 2.05) is 56.7 Å². The predicted molar refractivity (Wildman–Crippen MR) is 122 cm³/mol. The summed E-state index contributed by atoms with van der Waals surface area (Å²) >= 11 is 1.72. The molecular formula is C22H27N5O2S. The van der Waals surface area contributed by atoms with Crippen LogP contribution in [0.25, 0.3) is 11.1 Å². The van der Waals surface area contributed by atoms with Crippen LogP contribution in [0.3, 0.4) is 0 Å². The zero-order chi connectivity index (χ0) is 21.3. The van der Waals surface area contributed by atoms with Gasteiger partial charge in [0.05, 0.1) is 19.0 Å². The summed E-state index contributed by atoms with van der Waals surface area (Å²) in [4.78, 5) is 15.7.